The van der Waals surface area contributed by atoms with E-state index in [9.17, 15) is 0 Å². The fraction of sp³-hybridized carbons (Fsp3) is 0.588. The van der Waals surface area contributed by atoms with Crippen LogP contribution in [-0.4, -0.2) is 40.3 Å². The van der Waals surface area contributed by atoms with Gasteiger partial charge in [-0.1, -0.05) is 0 Å². The van der Waals surface area contributed by atoms with Gasteiger partial charge in [0, 0.05) is 24.2 Å². The smallest absolute Gasteiger partial charge is 0.152 e. The Morgan fingerprint density at radius 3 is 2.77 bits per heavy atom. The molecule has 2 aromatic heterocycles. The van der Waals surface area contributed by atoms with E-state index in [-0.39, 0.29) is 0 Å². The van der Waals surface area contributed by atoms with E-state index in [0.29, 0.717) is 6.04 Å². The molecule has 0 spiro atoms. The number of likely N-dealkylation sites (tertiary alicyclic amines) is 1. The van der Waals surface area contributed by atoms with Gasteiger partial charge in [-0.3, -0.25) is 5.10 Å². The van der Waals surface area contributed by atoms with Crippen molar-refractivity contribution < 1.29 is 4.42 Å². The Kier molecular flexibility index (Phi) is 3.76. The lowest BCUT2D eigenvalue weighted by atomic mass is 10.0. The minimum absolute atomic E-state index is 0.621. The van der Waals surface area contributed by atoms with Crippen LogP contribution in [0.2, 0.25) is 0 Å². The number of aromatic nitrogens is 2. The SMILES string of the molecule is Cc1ccc(-c2[nH]ncc2CNC2CCN(C3CC3)CC2)o1. The van der Waals surface area contributed by atoms with E-state index in [1.54, 1.807) is 0 Å². The number of hydrogen-bond donors (Lipinski definition) is 2. The highest BCUT2D eigenvalue weighted by Gasteiger charge is 2.31. The molecule has 22 heavy (non-hydrogen) atoms. The third-order valence-corrected chi connectivity index (χ3v) is 4.88. The number of aromatic amines is 1. The molecule has 2 N–H and O–H groups in total. The maximum Gasteiger partial charge on any atom is 0.152 e. The molecule has 2 aliphatic rings. The summed E-state index contributed by atoms with van der Waals surface area (Å²) in [4.78, 5) is 2.66. The molecule has 2 aromatic rings. The van der Waals surface area contributed by atoms with Crippen molar-refractivity contribution in [2.75, 3.05) is 13.1 Å². The van der Waals surface area contributed by atoms with Gasteiger partial charge in [0.1, 0.15) is 11.5 Å². The summed E-state index contributed by atoms with van der Waals surface area (Å²) in [6.45, 7) is 5.31. The number of aryl methyl sites for hydroxylation is 1. The monoisotopic (exact) mass is 300 g/mol. The minimum Gasteiger partial charge on any atom is -0.460 e. The topological polar surface area (TPSA) is 57.1 Å². The lowest BCUT2D eigenvalue weighted by molar-refractivity contribution is 0.189. The molecule has 5 heteroatoms. The highest BCUT2D eigenvalue weighted by Crippen LogP contribution is 2.29. The van der Waals surface area contributed by atoms with Crippen molar-refractivity contribution in [3.05, 3.63) is 29.7 Å². The quantitative estimate of drug-likeness (QED) is 0.891. The summed E-state index contributed by atoms with van der Waals surface area (Å²) in [5.74, 6) is 1.80. The fourth-order valence-electron chi connectivity index (χ4n) is 3.39. The normalized spacial score (nSPS) is 20.6. The Morgan fingerprint density at radius 1 is 1.27 bits per heavy atom. The van der Waals surface area contributed by atoms with Gasteiger partial charge in [0.15, 0.2) is 5.76 Å². The lowest BCUT2D eigenvalue weighted by Gasteiger charge is -2.32. The highest BCUT2D eigenvalue weighted by molar-refractivity contribution is 5.56. The van der Waals surface area contributed by atoms with E-state index in [1.165, 1.54) is 44.3 Å². The van der Waals surface area contributed by atoms with Crippen LogP contribution < -0.4 is 5.32 Å². The summed E-state index contributed by atoms with van der Waals surface area (Å²) in [6.07, 6.45) is 7.24. The number of rotatable bonds is 5. The average Bonchev–Trinajstić information content (AvgIpc) is 3.13. The molecular weight excluding hydrogens is 276 g/mol. The molecule has 0 amide bonds. The van der Waals surface area contributed by atoms with Crippen LogP contribution in [0, 0.1) is 6.92 Å². The molecule has 1 aliphatic heterocycles. The van der Waals surface area contributed by atoms with E-state index < -0.39 is 0 Å². The van der Waals surface area contributed by atoms with Crippen LogP contribution in [0.1, 0.15) is 37.0 Å². The number of H-pyrrole nitrogens is 1. The molecule has 0 radical (unpaired) electrons. The van der Waals surface area contributed by atoms with Crippen LogP contribution in [0.25, 0.3) is 11.5 Å². The molecule has 1 saturated carbocycles. The highest BCUT2D eigenvalue weighted by atomic mass is 16.3. The molecule has 1 saturated heterocycles. The molecule has 5 nitrogen and oxygen atoms in total. The number of hydrogen-bond acceptors (Lipinski definition) is 4. The van der Waals surface area contributed by atoms with Crippen molar-refractivity contribution in [2.24, 2.45) is 0 Å². The summed E-state index contributed by atoms with van der Waals surface area (Å²) >= 11 is 0. The van der Waals surface area contributed by atoms with Gasteiger partial charge < -0.3 is 14.6 Å². The van der Waals surface area contributed by atoms with Gasteiger partial charge in [-0.25, -0.2) is 0 Å². The van der Waals surface area contributed by atoms with Crippen molar-refractivity contribution in [1.82, 2.24) is 20.4 Å². The molecule has 118 valence electrons. The van der Waals surface area contributed by atoms with Crippen LogP contribution >= 0.6 is 0 Å². The number of nitrogens with one attached hydrogen (secondary N) is 2. The van der Waals surface area contributed by atoms with Crippen molar-refractivity contribution in [2.45, 2.75) is 51.2 Å². The first-order valence-electron chi connectivity index (χ1n) is 8.36. The Morgan fingerprint density at radius 2 is 2.09 bits per heavy atom. The second-order valence-electron chi connectivity index (χ2n) is 6.60. The molecule has 0 atom stereocenters. The first kappa shape index (κ1) is 14.0. The second-order valence-corrected chi connectivity index (χ2v) is 6.60. The Hall–Kier alpha value is -1.59. The zero-order chi connectivity index (χ0) is 14.9. The van der Waals surface area contributed by atoms with Crippen LogP contribution in [0.4, 0.5) is 0 Å². The zero-order valence-corrected chi connectivity index (χ0v) is 13.1. The summed E-state index contributed by atoms with van der Waals surface area (Å²) in [6, 6.07) is 5.52. The first-order chi connectivity index (χ1) is 10.8. The van der Waals surface area contributed by atoms with Gasteiger partial charge in [-0.05, 0) is 57.8 Å². The fourth-order valence-corrected chi connectivity index (χ4v) is 3.39. The largest absolute Gasteiger partial charge is 0.460 e. The van der Waals surface area contributed by atoms with Crippen molar-refractivity contribution >= 4 is 0 Å². The van der Waals surface area contributed by atoms with E-state index in [1.807, 2.05) is 25.3 Å². The van der Waals surface area contributed by atoms with E-state index in [4.69, 9.17) is 4.42 Å². The maximum atomic E-state index is 5.70. The number of furan rings is 1. The molecule has 1 aliphatic carbocycles. The predicted molar refractivity (Wildman–Crippen MR) is 85.5 cm³/mol. The van der Waals surface area contributed by atoms with Gasteiger partial charge in [0.2, 0.25) is 0 Å². The maximum absolute atomic E-state index is 5.70. The second kappa shape index (κ2) is 5.89. The van der Waals surface area contributed by atoms with Gasteiger partial charge in [-0.15, -0.1) is 0 Å². The molecule has 4 rings (SSSR count). The van der Waals surface area contributed by atoms with Gasteiger partial charge in [0.25, 0.3) is 0 Å². The summed E-state index contributed by atoms with van der Waals surface area (Å²) < 4.78 is 5.70. The third-order valence-electron chi connectivity index (χ3n) is 4.88. The summed E-state index contributed by atoms with van der Waals surface area (Å²) in [7, 11) is 0. The van der Waals surface area contributed by atoms with Crippen molar-refractivity contribution in [1.29, 1.82) is 0 Å². The van der Waals surface area contributed by atoms with Gasteiger partial charge in [-0.2, -0.15) is 5.10 Å². The van der Waals surface area contributed by atoms with E-state index in [0.717, 1.165) is 29.8 Å². The van der Waals surface area contributed by atoms with Crippen LogP contribution in [0.5, 0.6) is 0 Å². The van der Waals surface area contributed by atoms with E-state index in [2.05, 4.69) is 20.4 Å². The first-order valence-corrected chi connectivity index (χ1v) is 8.36. The van der Waals surface area contributed by atoms with E-state index >= 15 is 0 Å². The Bertz CT molecular complexity index is 620. The summed E-state index contributed by atoms with van der Waals surface area (Å²) in [5, 5.41) is 10.9. The van der Waals surface area contributed by atoms with Gasteiger partial charge in [0.05, 0.1) is 6.20 Å². The minimum atomic E-state index is 0.621. The third kappa shape index (κ3) is 2.96. The van der Waals surface area contributed by atoms with Crippen LogP contribution in [-0.2, 0) is 6.54 Å². The van der Waals surface area contributed by atoms with Gasteiger partial charge >= 0.3 is 0 Å². The average molecular weight is 300 g/mol. The number of nitrogens with zero attached hydrogens (tertiary/aromatic N) is 2. The standard InChI is InChI=1S/C17H24N4O/c1-12-2-5-16(22-12)17-13(11-19-20-17)10-18-14-6-8-21(9-7-14)15-3-4-15/h2,5,11,14-15,18H,3-4,6-10H2,1H3,(H,19,20). The van der Waals surface area contributed by atoms with Crippen LogP contribution in [0.15, 0.2) is 22.7 Å². The van der Waals surface area contributed by atoms with Crippen molar-refractivity contribution in [3.8, 4) is 11.5 Å². The molecule has 2 fully saturated rings. The molecule has 3 heterocycles. The van der Waals surface area contributed by atoms with Crippen molar-refractivity contribution in [3.63, 3.8) is 0 Å². The Balaban J connectivity index is 1.33. The predicted octanol–water partition coefficient (Wildman–Crippen LogP) is 2.69. The zero-order valence-electron chi connectivity index (χ0n) is 13.1. The lowest BCUT2D eigenvalue weighted by Crippen LogP contribution is -2.43. The Labute approximate surface area is 131 Å². The molecule has 0 bridgehead atoms. The van der Waals surface area contributed by atoms with Crippen LogP contribution in [0.3, 0.4) is 0 Å². The molecule has 0 aromatic carbocycles. The molecular formula is C17H24N4O. The summed E-state index contributed by atoms with van der Waals surface area (Å²) in [5.41, 5.74) is 2.18. The molecule has 0 unspecified atom stereocenters. The number of piperidine rings is 1.